The van der Waals surface area contributed by atoms with Crippen molar-refractivity contribution in [3.63, 3.8) is 0 Å². The summed E-state index contributed by atoms with van der Waals surface area (Å²) in [5.41, 5.74) is 1.67. The monoisotopic (exact) mass is 448 g/mol. The van der Waals surface area contributed by atoms with Crippen molar-refractivity contribution in [1.29, 1.82) is 0 Å². The third kappa shape index (κ3) is 4.70. The van der Waals surface area contributed by atoms with Crippen LogP contribution in [0.2, 0.25) is 0 Å². The molecule has 1 atom stereocenters. The minimum atomic E-state index is -3.89. The molecule has 6 heteroatoms. The maximum absolute atomic E-state index is 13.7. The summed E-state index contributed by atoms with van der Waals surface area (Å²) in [4.78, 5) is 15.5. The van der Waals surface area contributed by atoms with Crippen molar-refractivity contribution in [3.05, 3.63) is 96.1 Å². The number of piperidine rings is 1. The molecule has 1 fully saturated rings. The number of hydrogen-bond acceptors (Lipinski definition) is 3. The predicted octanol–water partition coefficient (Wildman–Crippen LogP) is 4.95. The average Bonchev–Trinajstić information content (AvgIpc) is 2.83. The van der Waals surface area contributed by atoms with E-state index in [4.69, 9.17) is 0 Å². The maximum Gasteiger partial charge on any atom is 0.264 e. The minimum Gasteiger partial charge on any atom is -0.338 e. The summed E-state index contributed by atoms with van der Waals surface area (Å²) in [7, 11) is -3.89. The average molecular weight is 449 g/mol. The Kier molecular flexibility index (Phi) is 6.61. The van der Waals surface area contributed by atoms with Crippen LogP contribution in [0.25, 0.3) is 0 Å². The number of para-hydroxylation sites is 1. The van der Waals surface area contributed by atoms with E-state index in [9.17, 15) is 13.2 Å². The third-order valence-corrected chi connectivity index (χ3v) is 7.62. The first-order valence-electron chi connectivity index (χ1n) is 11.0. The fraction of sp³-hybridized carbons (Fsp3) is 0.269. The molecule has 1 amide bonds. The van der Waals surface area contributed by atoms with Gasteiger partial charge in [-0.05, 0) is 48.6 Å². The van der Waals surface area contributed by atoms with E-state index in [-0.39, 0.29) is 17.3 Å². The van der Waals surface area contributed by atoms with Gasteiger partial charge in [0.15, 0.2) is 0 Å². The highest BCUT2D eigenvalue weighted by molar-refractivity contribution is 7.92. The molecule has 0 bridgehead atoms. The van der Waals surface area contributed by atoms with Crippen LogP contribution < -0.4 is 4.31 Å². The van der Waals surface area contributed by atoms with Crippen molar-refractivity contribution in [2.75, 3.05) is 17.4 Å². The number of amides is 1. The highest BCUT2D eigenvalue weighted by Gasteiger charge is 2.30. The van der Waals surface area contributed by atoms with E-state index in [1.165, 1.54) is 4.31 Å². The molecule has 0 radical (unpaired) electrons. The second-order valence-electron chi connectivity index (χ2n) is 8.33. The van der Waals surface area contributed by atoms with Gasteiger partial charge in [0.1, 0.15) is 0 Å². The summed E-state index contributed by atoms with van der Waals surface area (Å²) in [6, 6.07) is 24.9. The molecule has 0 spiro atoms. The van der Waals surface area contributed by atoms with Crippen LogP contribution in [0.4, 0.5) is 5.69 Å². The van der Waals surface area contributed by atoms with Gasteiger partial charge in [0.2, 0.25) is 0 Å². The molecule has 166 valence electrons. The van der Waals surface area contributed by atoms with Gasteiger partial charge in [-0.15, -0.1) is 0 Å². The molecule has 1 aliphatic rings. The van der Waals surface area contributed by atoms with Gasteiger partial charge in [-0.2, -0.15) is 0 Å². The Labute approximate surface area is 190 Å². The van der Waals surface area contributed by atoms with Crippen molar-refractivity contribution in [2.45, 2.75) is 31.2 Å². The lowest BCUT2D eigenvalue weighted by Crippen LogP contribution is -2.40. The first-order chi connectivity index (χ1) is 15.5. The summed E-state index contributed by atoms with van der Waals surface area (Å²) in [6.45, 7) is 3.67. The van der Waals surface area contributed by atoms with Crippen molar-refractivity contribution >= 4 is 21.6 Å². The number of carbonyl (C=O) groups is 1. The highest BCUT2D eigenvalue weighted by atomic mass is 32.2. The molecule has 1 heterocycles. The lowest BCUT2D eigenvalue weighted by molar-refractivity contribution is 0.0684. The molecule has 0 aliphatic carbocycles. The molecular formula is C26H28N2O3S. The van der Waals surface area contributed by atoms with Gasteiger partial charge < -0.3 is 4.90 Å². The molecular weight excluding hydrogens is 420 g/mol. The molecule has 1 saturated heterocycles. The predicted molar refractivity (Wildman–Crippen MR) is 127 cm³/mol. The molecule has 3 aromatic carbocycles. The smallest absolute Gasteiger partial charge is 0.264 e. The summed E-state index contributed by atoms with van der Waals surface area (Å²) in [5.74, 6) is 0.321. The summed E-state index contributed by atoms with van der Waals surface area (Å²) in [6.07, 6.45) is 2.07. The van der Waals surface area contributed by atoms with Gasteiger partial charge in [-0.3, -0.25) is 9.10 Å². The third-order valence-electron chi connectivity index (χ3n) is 5.85. The van der Waals surface area contributed by atoms with E-state index in [0.717, 1.165) is 18.4 Å². The van der Waals surface area contributed by atoms with Crippen molar-refractivity contribution in [1.82, 2.24) is 4.90 Å². The number of benzene rings is 3. The minimum absolute atomic E-state index is 0.117. The van der Waals surface area contributed by atoms with E-state index < -0.39 is 10.0 Å². The fourth-order valence-corrected chi connectivity index (χ4v) is 5.68. The van der Waals surface area contributed by atoms with Gasteiger partial charge in [0.25, 0.3) is 15.9 Å². The number of carbonyl (C=O) groups excluding carboxylic acids is 1. The molecule has 0 N–H and O–H groups in total. The zero-order chi connectivity index (χ0) is 22.6. The molecule has 5 nitrogen and oxygen atoms in total. The molecule has 0 aromatic heterocycles. The zero-order valence-electron chi connectivity index (χ0n) is 18.2. The second-order valence-corrected chi connectivity index (χ2v) is 10.2. The summed E-state index contributed by atoms with van der Waals surface area (Å²) < 4.78 is 28.8. The van der Waals surface area contributed by atoms with Crippen molar-refractivity contribution in [3.8, 4) is 0 Å². The van der Waals surface area contributed by atoms with Crippen LogP contribution in [0.1, 0.15) is 35.7 Å². The van der Waals surface area contributed by atoms with E-state index in [2.05, 4.69) is 6.92 Å². The van der Waals surface area contributed by atoms with Crippen LogP contribution >= 0.6 is 0 Å². The summed E-state index contributed by atoms with van der Waals surface area (Å²) in [5, 5.41) is 0. The molecule has 0 saturated carbocycles. The number of rotatable bonds is 6. The highest BCUT2D eigenvalue weighted by Crippen LogP contribution is 2.31. The van der Waals surface area contributed by atoms with Crippen LogP contribution in [0.15, 0.2) is 89.8 Å². The number of nitrogens with zero attached hydrogens (tertiary/aromatic N) is 2. The van der Waals surface area contributed by atoms with Crippen LogP contribution in [0.5, 0.6) is 0 Å². The number of hydrogen-bond donors (Lipinski definition) is 0. The van der Waals surface area contributed by atoms with Gasteiger partial charge >= 0.3 is 0 Å². The van der Waals surface area contributed by atoms with E-state index in [0.29, 0.717) is 30.3 Å². The SMILES string of the molecule is CC1CCCN(C(=O)c2ccccc2N(Cc2ccccc2)S(=O)(=O)c2ccccc2)C1. The quantitative estimate of drug-likeness (QED) is 0.536. The van der Waals surface area contributed by atoms with Crippen LogP contribution in [0, 0.1) is 5.92 Å². The van der Waals surface area contributed by atoms with Crippen LogP contribution in [0.3, 0.4) is 0 Å². The van der Waals surface area contributed by atoms with Crippen LogP contribution in [-0.2, 0) is 16.6 Å². The molecule has 4 rings (SSSR count). The normalized spacial score (nSPS) is 16.5. The summed E-state index contributed by atoms with van der Waals surface area (Å²) >= 11 is 0. The Balaban J connectivity index is 1.79. The molecule has 32 heavy (non-hydrogen) atoms. The van der Waals surface area contributed by atoms with Gasteiger partial charge in [0, 0.05) is 13.1 Å². The lowest BCUT2D eigenvalue weighted by atomic mass is 9.99. The first kappa shape index (κ1) is 22.1. The first-order valence-corrected chi connectivity index (χ1v) is 12.4. The zero-order valence-corrected chi connectivity index (χ0v) is 19.0. The number of anilines is 1. The van der Waals surface area contributed by atoms with E-state index >= 15 is 0 Å². The second kappa shape index (κ2) is 9.57. The van der Waals surface area contributed by atoms with Crippen LogP contribution in [-0.4, -0.2) is 32.3 Å². The van der Waals surface area contributed by atoms with Crippen molar-refractivity contribution < 1.29 is 13.2 Å². The Hall–Kier alpha value is -3.12. The number of sulfonamides is 1. The Morgan fingerprint density at radius 3 is 2.25 bits per heavy atom. The Morgan fingerprint density at radius 2 is 1.56 bits per heavy atom. The molecule has 1 unspecified atom stereocenters. The van der Waals surface area contributed by atoms with Crippen molar-refractivity contribution in [2.24, 2.45) is 5.92 Å². The van der Waals surface area contributed by atoms with Gasteiger partial charge in [-0.1, -0.05) is 67.6 Å². The fourth-order valence-electron chi connectivity index (χ4n) is 4.18. The molecule has 1 aliphatic heterocycles. The van der Waals surface area contributed by atoms with E-state index in [1.807, 2.05) is 35.2 Å². The number of likely N-dealkylation sites (tertiary alicyclic amines) is 1. The molecule has 3 aromatic rings. The standard InChI is InChI=1S/C26H28N2O3S/c1-21-11-10-18-27(19-21)26(29)24-16-8-9-17-25(24)28(20-22-12-4-2-5-13-22)32(30,31)23-14-6-3-7-15-23/h2-9,12-17,21H,10-11,18-20H2,1H3. The topological polar surface area (TPSA) is 57.7 Å². The largest absolute Gasteiger partial charge is 0.338 e. The van der Waals surface area contributed by atoms with Gasteiger partial charge in [-0.25, -0.2) is 8.42 Å². The Bertz CT molecular complexity index is 1160. The van der Waals surface area contributed by atoms with E-state index in [1.54, 1.807) is 54.6 Å². The Morgan fingerprint density at radius 1 is 0.938 bits per heavy atom. The van der Waals surface area contributed by atoms with Gasteiger partial charge in [0.05, 0.1) is 22.7 Å². The maximum atomic E-state index is 13.7. The lowest BCUT2D eigenvalue weighted by Gasteiger charge is -2.33.